The Hall–Kier alpha value is -2.19. The van der Waals surface area contributed by atoms with Gasteiger partial charge >= 0.3 is 0 Å². The highest BCUT2D eigenvalue weighted by Gasteiger charge is 2.25. The second kappa shape index (κ2) is 9.75. The van der Waals surface area contributed by atoms with Gasteiger partial charge in [0.1, 0.15) is 0 Å². The zero-order valence-corrected chi connectivity index (χ0v) is 19.2. The molecular formula is C24H38N8. The van der Waals surface area contributed by atoms with Crippen molar-refractivity contribution in [2.45, 2.75) is 88.8 Å². The van der Waals surface area contributed by atoms with E-state index in [2.05, 4.69) is 26.9 Å². The minimum atomic E-state index is 0.335. The average Bonchev–Trinajstić information content (AvgIpc) is 3.47. The van der Waals surface area contributed by atoms with Crippen LogP contribution in [0.4, 0.5) is 11.8 Å². The van der Waals surface area contributed by atoms with Crippen molar-refractivity contribution in [3.8, 4) is 0 Å². The number of hydrogen-bond acceptors (Lipinski definition) is 7. The normalized spacial score (nSPS) is 25.9. The molecule has 0 radical (unpaired) electrons. The number of anilines is 2. The molecule has 8 heteroatoms. The van der Waals surface area contributed by atoms with Gasteiger partial charge in [-0.2, -0.15) is 9.97 Å². The second-order valence-corrected chi connectivity index (χ2v) is 9.98. The lowest BCUT2D eigenvalue weighted by molar-refractivity contribution is 0.218. The zero-order chi connectivity index (χ0) is 21.9. The fourth-order valence-corrected chi connectivity index (χ4v) is 5.62. The summed E-state index contributed by atoms with van der Waals surface area (Å²) in [5.41, 5.74) is 11.5. The predicted molar refractivity (Wildman–Crippen MR) is 129 cm³/mol. The van der Waals surface area contributed by atoms with E-state index in [0.29, 0.717) is 24.1 Å². The molecule has 0 atom stereocenters. The molecule has 3 aliphatic rings. The number of piperidine rings is 1. The minimum absolute atomic E-state index is 0.335. The van der Waals surface area contributed by atoms with Gasteiger partial charge in [-0.25, -0.2) is 9.99 Å². The van der Waals surface area contributed by atoms with Crippen molar-refractivity contribution in [1.82, 2.24) is 24.5 Å². The molecule has 8 nitrogen and oxygen atoms in total. The quantitative estimate of drug-likeness (QED) is 0.556. The summed E-state index contributed by atoms with van der Waals surface area (Å²) in [5, 5.41) is 5.91. The molecule has 0 unspecified atom stereocenters. The highest BCUT2D eigenvalue weighted by Crippen LogP contribution is 2.33. The van der Waals surface area contributed by atoms with Crippen molar-refractivity contribution in [3.63, 3.8) is 0 Å². The van der Waals surface area contributed by atoms with Crippen LogP contribution in [0.3, 0.4) is 0 Å². The lowest BCUT2D eigenvalue weighted by Gasteiger charge is -2.32. The molecule has 3 heterocycles. The van der Waals surface area contributed by atoms with E-state index in [1.165, 1.54) is 38.5 Å². The summed E-state index contributed by atoms with van der Waals surface area (Å²) in [7, 11) is 0. The first-order chi connectivity index (χ1) is 15.7. The number of nitrogens with one attached hydrogen (secondary N) is 2. The van der Waals surface area contributed by atoms with Crippen LogP contribution in [0, 0.1) is 5.92 Å². The molecular weight excluding hydrogens is 400 g/mol. The van der Waals surface area contributed by atoms with Gasteiger partial charge < -0.3 is 21.0 Å². The Balaban J connectivity index is 1.39. The summed E-state index contributed by atoms with van der Waals surface area (Å²) in [5.74, 6) is 2.28. The molecule has 1 saturated heterocycles. The summed E-state index contributed by atoms with van der Waals surface area (Å²) in [4.78, 5) is 14.6. The van der Waals surface area contributed by atoms with Gasteiger partial charge in [0, 0.05) is 31.2 Å². The van der Waals surface area contributed by atoms with Crippen molar-refractivity contribution in [3.05, 3.63) is 19.0 Å². The fraction of sp³-hybridized carbons (Fsp3) is 0.708. The average molecular weight is 439 g/mol. The molecule has 32 heavy (non-hydrogen) atoms. The molecule has 5 rings (SSSR count). The molecule has 174 valence electrons. The van der Waals surface area contributed by atoms with Gasteiger partial charge in [0.15, 0.2) is 17.0 Å². The van der Waals surface area contributed by atoms with Crippen LogP contribution in [0.25, 0.3) is 11.2 Å². The number of aromatic nitrogens is 4. The zero-order valence-electron chi connectivity index (χ0n) is 19.2. The van der Waals surface area contributed by atoms with E-state index in [1.807, 2.05) is 12.4 Å². The van der Waals surface area contributed by atoms with E-state index in [1.54, 1.807) is 0 Å². The summed E-state index contributed by atoms with van der Waals surface area (Å²) in [6, 6.07) is 1.22. The maximum atomic E-state index is 6.11. The number of hydrogen-bond donors (Lipinski definition) is 3. The summed E-state index contributed by atoms with van der Waals surface area (Å²) in [6.07, 6.45) is 16.7. The first kappa shape index (κ1) is 21.6. The number of nitrogens with two attached hydrogens (primary N) is 1. The van der Waals surface area contributed by atoms with E-state index in [4.69, 9.17) is 20.7 Å². The molecule has 0 amide bonds. The topological polar surface area (TPSA) is 96.9 Å². The predicted octanol–water partition coefficient (Wildman–Crippen LogP) is 4.24. The molecule has 1 aliphatic heterocycles. The van der Waals surface area contributed by atoms with Crippen molar-refractivity contribution >= 4 is 22.9 Å². The van der Waals surface area contributed by atoms with Crippen LogP contribution in [-0.4, -0.2) is 49.7 Å². The van der Waals surface area contributed by atoms with Crippen molar-refractivity contribution in [2.24, 2.45) is 11.7 Å². The number of allylic oxidation sites excluding steroid dienone is 1. The van der Waals surface area contributed by atoms with Crippen molar-refractivity contribution in [2.75, 3.05) is 23.8 Å². The van der Waals surface area contributed by atoms with Crippen molar-refractivity contribution in [1.29, 1.82) is 0 Å². The summed E-state index contributed by atoms with van der Waals surface area (Å²) >= 11 is 0. The molecule has 2 aromatic heterocycles. The maximum Gasteiger partial charge on any atom is 0.227 e. The molecule has 2 aliphatic carbocycles. The first-order valence-corrected chi connectivity index (χ1v) is 12.6. The standard InChI is InChI=1S/C24H38N8/c1-2-5-17-12-14-31(15-13-17)30-22-21-23(32(16-26-21)20-6-3-4-7-20)29-24(28-22)27-19-10-8-18(25)9-11-19/h2,16-20H,1,3-15,25H2,(H2,27,28,29,30). The molecule has 2 saturated carbocycles. The lowest BCUT2D eigenvalue weighted by atomic mass is 9.92. The third-order valence-electron chi connectivity index (χ3n) is 7.62. The largest absolute Gasteiger partial charge is 0.351 e. The number of imidazole rings is 1. The van der Waals surface area contributed by atoms with E-state index < -0.39 is 0 Å². The van der Waals surface area contributed by atoms with Crippen LogP contribution < -0.4 is 16.5 Å². The van der Waals surface area contributed by atoms with Crippen LogP contribution in [0.1, 0.15) is 76.7 Å². The smallest absolute Gasteiger partial charge is 0.227 e. The van der Waals surface area contributed by atoms with Gasteiger partial charge in [-0.3, -0.25) is 0 Å². The van der Waals surface area contributed by atoms with E-state index in [-0.39, 0.29) is 0 Å². The van der Waals surface area contributed by atoms with Gasteiger partial charge in [-0.15, -0.1) is 6.58 Å². The molecule has 0 spiro atoms. The minimum Gasteiger partial charge on any atom is -0.351 e. The Kier molecular flexibility index (Phi) is 6.59. The van der Waals surface area contributed by atoms with Crippen LogP contribution in [0.2, 0.25) is 0 Å². The van der Waals surface area contributed by atoms with Gasteiger partial charge in [-0.05, 0) is 63.7 Å². The maximum absolute atomic E-state index is 6.11. The fourth-order valence-electron chi connectivity index (χ4n) is 5.62. The number of hydrazine groups is 1. The van der Waals surface area contributed by atoms with Gasteiger partial charge in [0.25, 0.3) is 0 Å². The van der Waals surface area contributed by atoms with E-state index >= 15 is 0 Å². The molecule has 0 bridgehead atoms. The van der Waals surface area contributed by atoms with Crippen LogP contribution in [0.5, 0.6) is 0 Å². The SMILES string of the molecule is C=CCC1CCN(Nc2nc(NC3CCC(N)CC3)nc3c2ncn3C2CCCC2)CC1. The third kappa shape index (κ3) is 4.76. The van der Waals surface area contributed by atoms with Crippen LogP contribution >= 0.6 is 0 Å². The summed E-state index contributed by atoms with van der Waals surface area (Å²) < 4.78 is 2.29. The summed E-state index contributed by atoms with van der Waals surface area (Å²) in [6.45, 7) is 5.92. The Labute approximate surface area is 191 Å². The number of rotatable bonds is 7. The van der Waals surface area contributed by atoms with E-state index in [0.717, 1.165) is 68.1 Å². The van der Waals surface area contributed by atoms with Gasteiger partial charge in [0.2, 0.25) is 5.95 Å². The monoisotopic (exact) mass is 438 g/mol. The van der Waals surface area contributed by atoms with Crippen molar-refractivity contribution < 1.29 is 0 Å². The Morgan fingerprint density at radius 2 is 1.78 bits per heavy atom. The molecule has 4 N–H and O–H groups in total. The lowest BCUT2D eigenvalue weighted by Crippen LogP contribution is -2.38. The number of nitrogens with zero attached hydrogens (tertiary/aromatic N) is 5. The van der Waals surface area contributed by atoms with Crippen LogP contribution in [-0.2, 0) is 0 Å². The highest BCUT2D eigenvalue weighted by molar-refractivity contribution is 5.84. The first-order valence-electron chi connectivity index (χ1n) is 12.6. The second-order valence-electron chi connectivity index (χ2n) is 9.98. The Morgan fingerprint density at radius 3 is 2.50 bits per heavy atom. The molecule has 3 fully saturated rings. The Morgan fingerprint density at radius 1 is 1.03 bits per heavy atom. The van der Waals surface area contributed by atoms with Gasteiger partial charge in [0.05, 0.1) is 6.33 Å². The molecule has 2 aromatic rings. The van der Waals surface area contributed by atoms with E-state index in [9.17, 15) is 0 Å². The highest BCUT2D eigenvalue weighted by atomic mass is 15.5. The third-order valence-corrected chi connectivity index (χ3v) is 7.62. The molecule has 0 aromatic carbocycles. The Bertz CT molecular complexity index is 902. The van der Waals surface area contributed by atoms with Crippen LogP contribution in [0.15, 0.2) is 19.0 Å². The number of fused-ring (bicyclic) bond motifs is 1. The van der Waals surface area contributed by atoms with Gasteiger partial charge in [-0.1, -0.05) is 18.9 Å².